The van der Waals surface area contributed by atoms with Crippen LogP contribution >= 0.6 is 36.5 Å². The second-order valence-corrected chi connectivity index (χ2v) is 23.2. The molecule has 0 aromatic heterocycles. The molecule has 4 rings (SSSR count). The summed E-state index contributed by atoms with van der Waals surface area (Å²) in [5.41, 5.74) is 0. The first-order chi connectivity index (χ1) is 20.9. The molecule has 1 N–H and O–H groups in total. The third-order valence-electron chi connectivity index (χ3n) is 9.94. The van der Waals surface area contributed by atoms with Crippen molar-refractivity contribution in [2.45, 2.75) is 128 Å². The van der Waals surface area contributed by atoms with Gasteiger partial charge >= 0.3 is 24.6 Å². The van der Waals surface area contributed by atoms with E-state index in [2.05, 4.69) is 89.4 Å². The molecule has 0 amide bonds. The molecule has 8 nitrogen and oxygen atoms in total. The SMILES string of the molecule is CCC(/C=C/[C@@H]1[C@H]2CC(=O)O[C@H]2C[C@H]1OB(P)P)O[Si](C)(C)C(C)(C)C.CC[C@@H](O)/C=C/[C@@H]1[C@H]2CC(=O)O[C@H]2C[C@H]1OB(P)P. The zero-order valence-electron chi connectivity index (χ0n) is 28.1. The first-order valence-electron chi connectivity index (χ1n) is 16.4. The van der Waals surface area contributed by atoms with Gasteiger partial charge in [-0.25, -0.2) is 0 Å². The Bertz CT molecular complexity index is 1060. The van der Waals surface area contributed by atoms with Gasteiger partial charge in [-0.1, -0.05) is 58.9 Å². The van der Waals surface area contributed by atoms with Gasteiger partial charge in [0.2, 0.25) is 0 Å². The Morgan fingerprint density at radius 2 is 1.31 bits per heavy atom. The Hall–Kier alpha value is 0.327. The summed E-state index contributed by atoms with van der Waals surface area (Å²) in [6, 6.07) is 0. The minimum absolute atomic E-state index is 0.00251. The van der Waals surface area contributed by atoms with Crippen LogP contribution in [0.5, 0.6) is 0 Å². The molecule has 2 aliphatic carbocycles. The van der Waals surface area contributed by atoms with Crippen molar-refractivity contribution in [2.24, 2.45) is 23.7 Å². The van der Waals surface area contributed by atoms with Crippen LogP contribution in [0.1, 0.15) is 73.1 Å². The number of carbonyl (C=O) groups is 2. The number of rotatable bonds is 12. The summed E-state index contributed by atoms with van der Waals surface area (Å²) in [4.78, 5) is 23.1. The molecule has 5 unspecified atom stereocenters. The third kappa shape index (κ3) is 11.2. The molecule has 4 fully saturated rings. The van der Waals surface area contributed by atoms with Crippen LogP contribution in [0.3, 0.4) is 0 Å². The number of hydrogen-bond acceptors (Lipinski definition) is 8. The Morgan fingerprint density at radius 3 is 1.69 bits per heavy atom. The smallest absolute Gasteiger partial charge is 0.336 e. The lowest BCUT2D eigenvalue weighted by Crippen LogP contribution is -2.43. The molecule has 2 saturated carbocycles. The van der Waals surface area contributed by atoms with Gasteiger partial charge in [-0.2, -0.15) is 0 Å². The molecule has 14 atom stereocenters. The molecular formula is C30H56B2O8P4Si. The first-order valence-corrected chi connectivity index (χ1v) is 22.0. The topological polar surface area (TPSA) is 101 Å². The summed E-state index contributed by atoms with van der Waals surface area (Å²) < 4.78 is 29.3. The van der Waals surface area contributed by atoms with Crippen LogP contribution in [0.15, 0.2) is 24.3 Å². The lowest BCUT2D eigenvalue weighted by Gasteiger charge is -2.38. The van der Waals surface area contributed by atoms with Gasteiger partial charge in [0, 0.05) is 36.5 Å². The molecular weight excluding hydrogens is 662 g/mol. The van der Waals surface area contributed by atoms with E-state index in [0.29, 0.717) is 19.3 Å². The van der Waals surface area contributed by atoms with Gasteiger partial charge in [-0.3, -0.25) is 9.59 Å². The van der Waals surface area contributed by atoms with Crippen molar-refractivity contribution >= 4 is 69.4 Å². The van der Waals surface area contributed by atoms with E-state index in [9.17, 15) is 14.7 Å². The Labute approximate surface area is 282 Å². The predicted octanol–water partition coefficient (Wildman–Crippen LogP) is 5.80. The normalized spacial score (nSPS) is 32.6. The van der Waals surface area contributed by atoms with Gasteiger partial charge in [0.05, 0.1) is 37.3 Å². The molecule has 2 heterocycles. The van der Waals surface area contributed by atoms with Crippen molar-refractivity contribution < 1.29 is 37.9 Å². The standard InChI is InChI=1S/C18H35BO4P2Si.C12H21BO4P2/c1-7-12(23-26(5,6)18(2,3)4)8-9-13-14-10-17(20)21-15(14)11-16(13)22-19(24)25;1-2-7(14)3-4-8-9-5-12(15)16-10(9)6-11(8)17-13(18)19/h8-9,12-16H,7,10-11,24-25H2,1-6H3;3-4,7-11,14H,2,5-6,18-19H2,1H3/b9-8+;4-3+/t12?,13-,14-,15+,16-;7-,8-,9-,10+,11-/m11/s1. The van der Waals surface area contributed by atoms with E-state index in [1.165, 1.54) is 0 Å². The molecule has 0 aromatic rings. The molecule has 15 heteroatoms. The van der Waals surface area contributed by atoms with Crippen molar-refractivity contribution in [2.75, 3.05) is 0 Å². The van der Waals surface area contributed by atoms with Crippen LogP contribution in [0.4, 0.5) is 0 Å². The maximum atomic E-state index is 11.7. The predicted molar refractivity (Wildman–Crippen MR) is 199 cm³/mol. The number of carbonyl (C=O) groups excluding carboxylic acids is 2. The fourth-order valence-electron chi connectivity index (χ4n) is 6.48. The second-order valence-electron chi connectivity index (χ2n) is 14.3. The molecule has 0 bridgehead atoms. The summed E-state index contributed by atoms with van der Waals surface area (Å²) in [6.07, 6.45) is 12.1. The van der Waals surface area contributed by atoms with Gasteiger partial charge in [-0.15, -0.1) is 36.5 Å². The van der Waals surface area contributed by atoms with E-state index in [0.717, 1.165) is 19.3 Å². The molecule has 2 aliphatic heterocycles. The van der Waals surface area contributed by atoms with Crippen molar-refractivity contribution in [3.63, 3.8) is 0 Å². The second kappa shape index (κ2) is 17.3. The van der Waals surface area contributed by atoms with E-state index >= 15 is 0 Å². The highest BCUT2D eigenvalue weighted by Gasteiger charge is 2.51. The maximum absolute atomic E-state index is 11.7. The Kier molecular flexibility index (Phi) is 15.3. The summed E-state index contributed by atoms with van der Waals surface area (Å²) in [5.74, 6) is 0.564. The van der Waals surface area contributed by atoms with Crippen LogP contribution in [0, 0.1) is 23.7 Å². The van der Waals surface area contributed by atoms with Crippen LogP contribution in [0.2, 0.25) is 18.1 Å². The lowest BCUT2D eigenvalue weighted by molar-refractivity contribution is -0.142. The van der Waals surface area contributed by atoms with Crippen LogP contribution in [-0.4, -0.2) is 74.7 Å². The fourth-order valence-corrected chi connectivity index (χ4v) is 8.65. The summed E-state index contributed by atoms with van der Waals surface area (Å²) in [7, 11) is 8.69. The molecule has 45 heavy (non-hydrogen) atoms. The summed E-state index contributed by atoms with van der Waals surface area (Å²) >= 11 is 0. The Morgan fingerprint density at radius 1 is 0.867 bits per heavy atom. The minimum atomic E-state index is -1.81. The molecule has 0 aromatic carbocycles. The van der Waals surface area contributed by atoms with E-state index in [4.69, 9.17) is 23.2 Å². The minimum Gasteiger partial charge on any atom is -0.462 e. The average Bonchev–Trinajstić information content (AvgIpc) is 3.63. The van der Waals surface area contributed by atoms with Crippen LogP contribution in [-0.2, 0) is 32.8 Å². The highest BCUT2D eigenvalue weighted by Crippen LogP contribution is 2.45. The molecule has 0 spiro atoms. The van der Waals surface area contributed by atoms with E-state index < -0.39 is 14.4 Å². The van der Waals surface area contributed by atoms with Crippen molar-refractivity contribution in [1.29, 1.82) is 0 Å². The molecule has 2 saturated heterocycles. The van der Waals surface area contributed by atoms with Crippen LogP contribution < -0.4 is 0 Å². The number of hydrogen-bond donors (Lipinski definition) is 1. The summed E-state index contributed by atoms with van der Waals surface area (Å²) in [6.45, 7) is 15.5. The van der Waals surface area contributed by atoms with Crippen molar-refractivity contribution in [3.05, 3.63) is 24.3 Å². The van der Waals surface area contributed by atoms with Gasteiger partial charge in [0.15, 0.2) is 8.32 Å². The average molecular weight is 718 g/mol. The van der Waals surface area contributed by atoms with Crippen molar-refractivity contribution in [3.8, 4) is 0 Å². The first kappa shape index (κ1) is 39.8. The number of esters is 2. The van der Waals surface area contributed by atoms with Gasteiger partial charge in [0.25, 0.3) is 0 Å². The number of aliphatic hydroxyl groups excluding tert-OH is 1. The highest BCUT2D eigenvalue weighted by molar-refractivity contribution is 7.92. The van der Waals surface area contributed by atoms with Gasteiger partial charge in [0.1, 0.15) is 12.2 Å². The largest absolute Gasteiger partial charge is 0.462 e. The van der Waals surface area contributed by atoms with Crippen LogP contribution in [0.25, 0.3) is 0 Å². The van der Waals surface area contributed by atoms with Crippen molar-refractivity contribution in [1.82, 2.24) is 0 Å². The number of ether oxygens (including phenoxy) is 2. The van der Waals surface area contributed by atoms with E-state index in [1.54, 1.807) is 0 Å². The van der Waals surface area contributed by atoms with E-state index in [-0.39, 0.29) is 83.9 Å². The maximum Gasteiger partial charge on any atom is 0.336 e. The molecule has 4 aliphatic rings. The molecule has 254 valence electrons. The zero-order chi connectivity index (χ0) is 33.7. The third-order valence-corrected chi connectivity index (χ3v) is 15.1. The highest BCUT2D eigenvalue weighted by atomic mass is 31.1. The number of fused-ring (bicyclic) bond motifs is 2. The zero-order valence-corrected chi connectivity index (χ0v) is 33.7. The monoisotopic (exact) mass is 718 g/mol. The van der Waals surface area contributed by atoms with Gasteiger partial charge in [-0.05, 0) is 31.0 Å². The summed E-state index contributed by atoms with van der Waals surface area (Å²) in [5, 5.41) is 9.84. The number of aliphatic hydroxyl groups is 1. The fraction of sp³-hybridized carbons (Fsp3) is 0.800. The van der Waals surface area contributed by atoms with E-state index in [1.807, 2.05) is 19.1 Å². The van der Waals surface area contributed by atoms with Gasteiger partial charge < -0.3 is 28.3 Å². The Balaban J connectivity index is 0.000000257. The molecule has 0 radical (unpaired) electrons. The lowest BCUT2D eigenvalue weighted by atomic mass is 9.91. The quantitative estimate of drug-likeness (QED) is 0.117.